The van der Waals surface area contributed by atoms with Crippen LogP contribution in [-0.2, 0) is 19.5 Å². The van der Waals surface area contributed by atoms with Gasteiger partial charge in [0.05, 0.1) is 32.0 Å². The van der Waals surface area contributed by atoms with E-state index >= 15 is 0 Å². The van der Waals surface area contributed by atoms with E-state index in [-0.39, 0.29) is 5.91 Å². The number of furan rings is 1. The summed E-state index contributed by atoms with van der Waals surface area (Å²) in [6.45, 7) is 2.76. The second-order valence-electron chi connectivity index (χ2n) is 7.80. The number of pyridine rings is 1. The molecular weight excluding hydrogens is 418 g/mol. The molecule has 3 heterocycles. The predicted molar refractivity (Wildman–Crippen MR) is 123 cm³/mol. The molecule has 0 fully saturated rings. The normalized spacial score (nSPS) is 11.2. The molecule has 0 radical (unpaired) electrons. The molecule has 0 saturated heterocycles. The number of hydrogen-bond donors (Lipinski definition) is 0. The van der Waals surface area contributed by atoms with Crippen molar-refractivity contribution in [1.82, 2.24) is 24.9 Å². The number of ether oxygens (including phenoxy) is 1. The van der Waals surface area contributed by atoms with Gasteiger partial charge in [-0.15, -0.1) is 5.10 Å². The number of hydrogen-bond acceptors (Lipinski definition) is 6. The molecule has 2 aromatic carbocycles. The van der Waals surface area contributed by atoms with Gasteiger partial charge in [0.2, 0.25) is 0 Å². The fraction of sp³-hybridized carbons (Fsp3) is 0.200. The minimum Gasteiger partial charge on any atom is -0.497 e. The van der Waals surface area contributed by atoms with Gasteiger partial charge in [-0.2, -0.15) is 4.52 Å². The average molecular weight is 441 g/mol. The van der Waals surface area contributed by atoms with E-state index in [2.05, 4.69) is 40.6 Å². The lowest BCUT2D eigenvalue weighted by Gasteiger charge is -2.22. The van der Waals surface area contributed by atoms with Crippen LogP contribution in [0.1, 0.15) is 34.2 Å². The molecule has 0 N–H and O–H groups in total. The monoisotopic (exact) mass is 441 g/mol. The first-order chi connectivity index (χ1) is 16.2. The molecule has 0 unspecified atom stereocenters. The first kappa shape index (κ1) is 20.7. The standard InChI is InChI=1S/C25H23N5O3/c1-3-17-6-11-23-19(13-17)14-20(24-26-27-28-30(23)24)15-29(16-22-5-4-12-33-22)25(31)18-7-9-21(32-2)10-8-18/h4-14H,3,15-16H2,1-2H3. The highest BCUT2D eigenvalue weighted by atomic mass is 16.5. The molecule has 0 bridgehead atoms. The van der Waals surface area contributed by atoms with Gasteiger partial charge in [-0.1, -0.05) is 13.0 Å². The Labute approximate surface area is 190 Å². The Hall–Kier alpha value is -4.20. The van der Waals surface area contributed by atoms with Crippen molar-refractivity contribution in [1.29, 1.82) is 0 Å². The zero-order valence-electron chi connectivity index (χ0n) is 18.4. The number of amides is 1. The summed E-state index contributed by atoms with van der Waals surface area (Å²) in [6.07, 6.45) is 2.54. The van der Waals surface area contributed by atoms with E-state index in [4.69, 9.17) is 9.15 Å². The minimum atomic E-state index is -0.123. The van der Waals surface area contributed by atoms with Crippen molar-refractivity contribution in [2.24, 2.45) is 0 Å². The first-order valence-electron chi connectivity index (χ1n) is 10.7. The van der Waals surface area contributed by atoms with Crippen molar-refractivity contribution in [2.45, 2.75) is 26.4 Å². The summed E-state index contributed by atoms with van der Waals surface area (Å²) in [4.78, 5) is 15.2. The number of tetrazole rings is 1. The van der Waals surface area contributed by atoms with Crippen LogP contribution >= 0.6 is 0 Å². The Balaban J connectivity index is 1.56. The summed E-state index contributed by atoms with van der Waals surface area (Å²) < 4.78 is 12.5. The van der Waals surface area contributed by atoms with Crippen LogP contribution in [0.5, 0.6) is 5.75 Å². The maximum absolute atomic E-state index is 13.5. The Morgan fingerprint density at radius 3 is 2.67 bits per heavy atom. The van der Waals surface area contributed by atoms with Crippen molar-refractivity contribution >= 4 is 22.5 Å². The van der Waals surface area contributed by atoms with Crippen molar-refractivity contribution in [3.05, 3.63) is 89.4 Å². The van der Waals surface area contributed by atoms with Gasteiger partial charge in [0, 0.05) is 16.5 Å². The van der Waals surface area contributed by atoms with Crippen LogP contribution in [0.25, 0.3) is 16.6 Å². The number of benzene rings is 2. The van der Waals surface area contributed by atoms with Gasteiger partial charge in [0.15, 0.2) is 5.65 Å². The summed E-state index contributed by atoms with van der Waals surface area (Å²) in [5.41, 5.74) is 4.19. The minimum absolute atomic E-state index is 0.123. The number of aryl methyl sites for hydroxylation is 1. The molecule has 3 aromatic heterocycles. The van der Waals surface area contributed by atoms with E-state index in [0.717, 1.165) is 22.9 Å². The number of fused-ring (bicyclic) bond motifs is 3. The summed E-state index contributed by atoms with van der Waals surface area (Å²) >= 11 is 0. The van der Waals surface area contributed by atoms with Crippen LogP contribution in [0.4, 0.5) is 0 Å². The molecule has 5 rings (SSSR count). The van der Waals surface area contributed by atoms with E-state index in [0.29, 0.717) is 35.8 Å². The van der Waals surface area contributed by atoms with Crippen molar-refractivity contribution < 1.29 is 13.9 Å². The third-order valence-corrected chi connectivity index (χ3v) is 5.73. The van der Waals surface area contributed by atoms with Crippen molar-refractivity contribution in [3.8, 4) is 5.75 Å². The van der Waals surface area contributed by atoms with Gasteiger partial charge < -0.3 is 14.1 Å². The average Bonchev–Trinajstić information content (AvgIpc) is 3.55. The van der Waals surface area contributed by atoms with Crippen molar-refractivity contribution in [3.63, 3.8) is 0 Å². The summed E-state index contributed by atoms with van der Waals surface area (Å²) in [5, 5.41) is 13.3. The van der Waals surface area contributed by atoms with Crippen molar-refractivity contribution in [2.75, 3.05) is 7.11 Å². The van der Waals surface area contributed by atoms with Crippen LogP contribution in [0.2, 0.25) is 0 Å². The molecule has 0 saturated carbocycles. The topological polar surface area (TPSA) is 85.8 Å². The lowest BCUT2D eigenvalue weighted by atomic mass is 10.1. The first-order valence-corrected chi connectivity index (χ1v) is 10.7. The maximum atomic E-state index is 13.5. The van der Waals surface area contributed by atoms with Gasteiger partial charge in [-0.25, -0.2) is 0 Å². The van der Waals surface area contributed by atoms with E-state index in [9.17, 15) is 4.79 Å². The molecule has 33 heavy (non-hydrogen) atoms. The second-order valence-corrected chi connectivity index (χ2v) is 7.80. The molecule has 0 aliphatic rings. The third kappa shape index (κ3) is 4.03. The largest absolute Gasteiger partial charge is 0.497 e. The highest BCUT2D eigenvalue weighted by molar-refractivity contribution is 5.94. The summed E-state index contributed by atoms with van der Waals surface area (Å²) in [6, 6.07) is 19.1. The number of methoxy groups -OCH3 is 1. The number of carbonyl (C=O) groups excluding carboxylic acids is 1. The Morgan fingerprint density at radius 2 is 1.94 bits per heavy atom. The Kier molecular flexibility index (Phi) is 5.48. The van der Waals surface area contributed by atoms with E-state index < -0.39 is 0 Å². The Morgan fingerprint density at radius 1 is 1.09 bits per heavy atom. The van der Waals surface area contributed by atoms with Crippen LogP contribution < -0.4 is 4.74 Å². The highest BCUT2D eigenvalue weighted by Gasteiger charge is 2.21. The molecule has 0 spiro atoms. The lowest BCUT2D eigenvalue weighted by Crippen LogP contribution is -2.30. The molecule has 1 amide bonds. The molecule has 8 nitrogen and oxygen atoms in total. The molecule has 166 valence electrons. The molecule has 8 heteroatoms. The Bertz CT molecular complexity index is 1410. The second kappa shape index (κ2) is 8.74. The zero-order valence-corrected chi connectivity index (χ0v) is 18.4. The number of carbonyl (C=O) groups is 1. The third-order valence-electron chi connectivity index (χ3n) is 5.73. The van der Waals surface area contributed by atoms with Gasteiger partial charge in [-0.05, 0) is 77.0 Å². The van der Waals surface area contributed by atoms with Gasteiger partial charge in [0.25, 0.3) is 5.91 Å². The van der Waals surface area contributed by atoms with Crippen LogP contribution in [-0.4, -0.2) is 38.0 Å². The quantitative estimate of drug-likeness (QED) is 0.375. The summed E-state index contributed by atoms with van der Waals surface area (Å²) in [7, 11) is 1.60. The van der Waals surface area contributed by atoms with Gasteiger partial charge in [0.1, 0.15) is 11.5 Å². The van der Waals surface area contributed by atoms with E-state index in [1.165, 1.54) is 5.56 Å². The molecule has 0 atom stereocenters. The molecular formula is C25H23N5O3. The zero-order chi connectivity index (χ0) is 22.8. The molecule has 0 aliphatic heterocycles. The van der Waals surface area contributed by atoms with E-state index in [1.807, 2.05) is 18.2 Å². The molecule has 5 aromatic rings. The SMILES string of the molecule is CCc1ccc2c(c1)cc(CN(Cc1ccco1)C(=O)c1ccc(OC)cc1)c1nnnn12. The predicted octanol–water partition coefficient (Wildman–Crippen LogP) is 4.28. The lowest BCUT2D eigenvalue weighted by molar-refractivity contribution is 0.0718. The highest BCUT2D eigenvalue weighted by Crippen LogP contribution is 2.24. The van der Waals surface area contributed by atoms with Crippen LogP contribution in [0.3, 0.4) is 0 Å². The number of aromatic nitrogens is 4. The number of nitrogens with zero attached hydrogens (tertiary/aromatic N) is 5. The summed E-state index contributed by atoms with van der Waals surface area (Å²) in [5.74, 6) is 1.27. The maximum Gasteiger partial charge on any atom is 0.254 e. The van der Waals surface area contributed by atoms with Gasteiger partial charge in [-0.3, -0.25) is 4.79 Å². The van der Waals surface area contributed by atoms with E-state index in [1.54, 1.807) is 47.1 Å². The van der Waals surface area contributed by atoms with Crippen LogP contribution in [0, 0.1) is 0 Å². The fourth-order valence-electron chi connectivity index (χ4n) is 3.96. The van der Waals surface area contributed by atoms with Crippen LogP contribution in [0.15, 0.2) is 71.3 Å². The molecule has 0 aliphatic carbocycles. The van der Waals surface area contributed by atoms with Gasteiger partial charge >= 0.3 is 0 Å². The number of rotatable bonds is 7. The smallest absolute Gasteiger partial charge is 0.254 e. The fourth-order valence-corrected chi connectivity index (χ4v) is 3.96.